The fourth-order valence-electron chi connectivity index (χ4n) is 2.82. The van der Waals surface area contributed by atoms with Gasteiger partial charge in [-0.2, -0.15) is 0 Å². The minimum atomic E-state index is -0.873. The zero-order chi connectivity index (χ0) is 15.8. The summed E-state index contributed by atoms with van der Waals surface area (Å²) >= 11 is 0. The predicted octanol–water partition coefficient (Wildman–Crippen LogP) is 2.27. The number of carboxylic acid groups (broad SMARTS) is 1. The van der Waals surface area contributed by atoms with Crippen molar-refractivity contribution in [2.75, 3.05) is 13.1 Å². The van der Waals surface area contributed by atoms with Crippen molar-refractivity contribution < 1.29 is 19.8 Å². The van der Waals surface area contributed by atoms with Gasteiger partial charge in [-0.1, -0.05) is 19.9 Å². The highest BCUT2D eigenvalue weighted by Gasteiger charge is 2.48. The first-order chi connectivity index (χ1) is 9.78. The molecule has 1 aromatic carbocycles. The molecule has 1 aliphatic rings. The normalized spacial score (nSPS) is 21.8. The molecule has 1 heterocycles. The number of phenolic OH excluding ortho intramolecular Hbond substituents is 1. The SMILES string of the molecule is Cc1ccc(C(=O)N2CCC(C(=O)O)(C(C)C)C2)cc1O. The Bertz CT molecular complexity index is 582. The molecule has 1 saturated heterocycles. The number of amides is 1. The summed E-state index contributed by atoms with van der Waals surface area (Å²) in [6, 6.07) is 4.78. The van der Waals surface area contributed by atoms with Crippen LogP contribution in [0.1, 0.15) is 36.2 Å². The number of hydrogen-bond acceptors (Lipinski definition) is 3. The number of benzene rings is 1. The fraction of sp³-hybridized carbons (Fsp3) is 0.500. The maximum atomic E-state index is 12.5. The highest BCUT2D eigenvalue weighted by Crippen LogP contribution is 2.38. The van der Waals surface area contributed by atoms with Crippen LogP contribution in [-0.4, -0.2) is 40.1 Å². The number of hydrogen-bond donors (Lipinski definition) is 2. The largest absolute Gasteiger partial charge is 0.508 e. The summed E-state index contributed by atoms with van der Waals surface area (Å²) in [6.07, 6.45) is 0.462. The third-order valence-corrected chi connectivity index (χ3v) is 4.58. The van der Waals surface area contributed by atoms with Crippen molar-refractivity contribution in [3.05, 3.63) is 29.3 Å². The highest BCUT2D eigenvalue weighted by atomic mass is 16.4. The van der Waals surface area contributed by atoms with Gasteiger partial charge in [-0.25, -0.2) is 0 Å². The van der Waals surface area contributed by atoms with E-state index < -0.39 is 11.4 Å². The van der Waals surface area contributed by atoms with Crippen molar-refractivity contribution in [3.63, 3.8) is 0 Å². The van der Waals surface area contributed by atoms with Crippen molar-refractivity contribution >= 4 is 11.9 Å². The number of phenols is 1. The first kappa shape index (κ1) is 15.4. The maximum absolute atomic E-state index is 12.5. The van der Waals surface area contributed by atoms with Crippen LogP contribution in [0.4, 0.5) is 0 Å². The first-order valence-electron chi connectivity index (χ1n) is 7.10. The Morgan fingerprint density at radius 2 is 2.00 bits per heavy atom. The quantitative estimate of drug-likeness (QED) is 0.895. The van der Waals surface area contributed by atoms with Crippen molar-refractivity contribution in [1.82, 2.24) is 4.90 Å². The molecular formula is C16H21NO4. The van der Waals surface area contributed by atoms with E-state index in [4.69, 9.17) is 0 Å². The molecule has 21 heavy (non-hydrogen) atoms. The lowest BCUT2D eigenvalue weighted by atomic mass is 9.76. The van der Waals surface area contributed by atoms with Crippen molar-refractivity contribution in [2.45, 2.75) is 27.2 Å². The Balaban J connectivity index is 2.22. The number of nitrogens with zero attached hydrogens (tertiary/aromatic N) is 1. The van der Waals surface area contributed by atoms with Crippen molar-refractivity contribution in [3.8, 4) is 5.75 Å². The maximum Gasteiger partial charge on any atom is 0.311 e. The molecule has 2 N–H and O–H groups in total. The van der Waals surface area contributed by atoms with E-state index in [9.17, 15) is 19.8 Å². The van der Waals surface area contributed by atoms with Gasteiger partial charge < -0.3 is 15.1 Å². The molecule has 5 heteroatoms. The average molecular weight is 291 g/mol. The van der Waals surface area contributed by atoms with Crippen LogP contribution in [-0.2, 0) is 4.79 Å². The van der Waals surface area contributed by atoms with Crippen LogP contribution in [0.2, 0.25) is 0 Å². The van der Waals surface area contributed by atoms with Gasteiger partial charge in [-0.15, -0.1) is 0 Å². The van der Waals surface area contributed by atoms with E-state index in [0.717, 1.165) is 0 Å². The molecule has 0 radical (unpaired) electrons. The molecule has 1 aliphatic heterocycles. The third-order valence-electron chi connectivity index (χ3n) is 4.58. The summed E-state index contributed by atoms with van der Waals surface area (Å²) in [7, 11) is 0. The molecule has 2 rings (SSSR count). The monoisotopic (exact) mass is 291 g/mol. The van der Waals surface area contributed by atoms with Gasteiger partial charge in [-0.3, -0.25) is 9.59 Å². The zero-order valence-electron chi connectivity index (χ0n) is 12.6. The summed E-state index contributed by atoms with van der Waals surface area (Å²) in [6.45, 7) is 6.15. The van der Waals surface area contributed by atoms with E-state index >= 15 is 0 Å². The molecule has 5 nitrogen and oxygen atoms in total. The van der Waals surface area contributed by atoms with Crippen LogP contribution in [0.25, 0.3) is 0 Å². The van der Waals surface area contributed by atoms with E-state index in [-0.39, 0.29) is 24.1 Å². The highest BCUT2D eigenvalue weighted by molar-refractivity contribution is 5.95. The molecule has 1 fully saturated rings. The molecule has 114 valence electrons. The number of aryl methyl sites for hydroxylation is 1. The Morgan fingerprint density at radius 1 is 1.33 bits per heavy atom. The van der Waals surface area contributed by atoms with E-state index in [2.05, 4.69) is 0 Å². The Hall–Kier alpha value is -2.04. The lowest BCUT2D eigenvalue weighted by Gasteiger charge is -2.28. The molecule has 0 aliphatic carbocycles. The summed E-state index contributed by atoms with van der Waals surface area (Å²) in [4.78, 5) is 25.6. The topological polar surface area (TPSA) is 77.8 Å². The van der Waals surface area contributed by atoms with Crippen LogP contribution >= 0.6 is 0 Å². The minimum absolute atomic E-state index is 0.0424. The van der Waals surface area contributed by atoms with E-state index in [0.29, 0.717) is 24.1 Å². The van der Waals surface area contributed by atoms with Crippen LogP contribution in [0.15, 0.2) is 18.2 Å². The lowest BCUT2D eigenvalue weighted by Crippen LogP contribution is -2.40. The van der Waals surface area contributed by atoms with Gasteiger partial charge in [0.2, 0.25) is 0 Å². The summed E-state index contributed by atoms with van der Waals surface area (Å²) in [5.41, 5.74) is 0.223. The number of carbonyl (C=O) groups excluding carboxylic acids is 1. The second kappa shape index (κ2) is 5.39. The Morgan fingerprint density at radius 3 is 2.48 bits per heavy atom. The summed E-state index contributed by atoms with van der Waals surface area (Å²) in [5.74, 6) is -1.04. The number of carboxylic acids is 1. The molecule has 0 bridgehead atoms. The number of aliphatic carboxylic acids is 1. The second-order valence-electron chi connectivity index (χ2n) is 6.09. The molecule has 0 aromatic heterocycles. The Kier molecular flexibility index (Phi) is 3.94. The second-order valence-corrected chi connectivity index (χ2v) is 6.09. The first-order valence-corrected chi connectivity index (χ1v) is 7.10. The van der Waals surface area contributed by atoms with Gasteiger partial charge in [0.1, 0.15) is 5.75 Å². The molecule has 1 atom stereocenters. The van der Waals surface area contributed by atoms with Gasteiger partial charge in [0, 0.05) is 18.7 Å². The van der Waals surface area contributed by atoms with Gasteiger partial charge in [0.15, 0.2) is 0 Å². The van der Waals surface area contributed by atoms with Gasteiger partial charge >= 0.3 is 5.97 Å². The predicted molar refractivity (Wildman–Crippen MR) is 78.3 cm³/mol. The smallest absolute Gasteiger partial charge is 0.311 e. The standard InChI is InChI=1S/C16H21NO4/c1-10(2)16(15(20)21)6-7-17(9-16)14(19)12-5-4-11(3)13(18)8-12/h4-5,8,10,18H,6-7,9H2,1-3H3,(H,20,21). The molecule has 0 saturated carbocycles. The van der Waals surface area contributed by atoms with Crippen molar-refractivity contribution in [1.29, 1.82) is 0 Å². The van der Waals surface area contributed by atoms with Crippen LogP contribution in [0, 0.1) is 18.3 Å². The number of carbonyl (C=O) groups is 2. The average Bonchev–Trinajstić information content (AvgIpc) is 2.87. The van der Waals surface area contributed by atoms with Gasteiger partial charge in [-0.05, 0) is 37.0 Å². The molecule has 1 aromatic rings. The van der Waals surface area contributed by atoms with Crippen molar-refractivity contribution in [2.24, 2.45) is 11.3 Å². The Labute approximate surface area is 124 Å². The number of rotatable bonds is 3. The lowest BCUT2D eigenvalue weighted by molar-refractivity contribution is -0.150. The van der Waals surface area contributed by atoms with E-state index in [1.807, 2.05) is 13.8 Å². The van der Waals surface area contributed by atoms with Crippen LogP contribution < -0.4 is 0 Å². The van der Waals surface area contributed by atoms with Gasteiger partial charge in [0.05, 0.1) is 5.41 Å². The number of aromatic hydroxyl groups is 1. The number of likely N-dealkylation sites (tertiary alicyclic amines) is 1. The van der Waals surface area contributed by atoms with Crippen LogP contribution in [0.3, 0.4) is 0 Å². The molecular weight excluding hydrogens is 270 g/mol. The van der Waals surface area contributed by atoms with Gasteiger partial charge in [0.25, 0.3) is 5.91 Å². The zero-order valence-corrected chi connectivity index (χ0v) is 12.6. The molecule has 0 spiro atoms. The summed E-state index contributed by atoms with van der Waals surface area (Å²) < 4.78 is 0. The van der Waals surface area contributed by atoms with E-state index in [1.54, 1.807) is 24.0 Å². The van der Waals surface area contributed by atoms with Crippen LogP contribution in [0.5, 0.6) is 5.75 Å². The van der Waals surface area contributed by atoms with E-state index in [1.165, 1.54) is 6.07 Å². The summed E-state index contributed by atoms with van der Waals surface area (Å²) in [5, 5.41) is 19.2. The molecule has 1 amide bonds. The fourth-order valence-corrected chi connectivity index (χ4v) is 2.82. The third kappa shape index (κ3) is 2.60. The minimum Gasteiger partial charge on any atom is -0.508 e. The molecule has 1 unspecified atom stereocenters.